The van der Waals surface area contributed by atoms with Crippen molar-refractivity contribution in [3.63, 3.8) is 0 Å². The van der Waals surface area contributed by atoms with Crippen LogP contribution in [-0.4, -0.2) is 35.7 Å². The van der Waals surface area contributed by atoms with Gasteiger partial charge in [0.25, 0.3) is 0 Å². The average molecular weight is 402 g/mol. The Morgan fingerprint density at radius 3 is 2.88 bits per heavy atom. The molecule has 0 saturated carbocycles. The molecule has 0 spiro atoms. The zero-order chi connectivity index (χ0) is 17.6. The molecule has 6 heteroatoms. The SMILES string of the molecule is COCCCNC(=O)Cn1c(-c2cccc(Br)c2)nc2ccccc21. The van der Waals surface area contributed by atoms with E-state index < -0.39 is 0 Å². The molecule has 1 amide bonds. The second-order valence-electron chi connectivity index (χ2n) is 5.72. The molecule has 2 aromatic carbocycles. The molecule has 3 rings (SSSR count). The quantitative estimate of drug-likeness (QED) is 0.615. The van der Waals surface area contributed by atoms with Crippen molar-refractivity contribution in [3.8, 4) is 11.4 Å². The largest absolute Gasteiger partial charge is 0.385 e. The highest BCUT2D eigenvalue weighted by Gasteiger charge is 2.15. The monoisotopic (exact) mass is 401 g/mol. The number of carbonyl (C=O) groups is 1. The minimum absolute atomic E-state index is 0.0319. The summed E-state index contributed by atoms with van der Waals surface area (Å²) in [5.41, 5.74) is 2.80. The fourth-order valence-electron chi connectivity index (χ4n) is 2.73. The third-order valence-electron chi connectivity index (χ3n) is 3.89. The predicted octanol–water partition coefficient (Wildman–Crippen LogP) is 3.62. The summed E-state index contributed by atoms with van der Waals surface area (Å²) in [7, 11) is 1.66. The number of halogens is 1. The van der Waals surface area contributed by atoms with E-state index in [2.05, 4.69) is 21.2 Å². The maximum Gasteiger partial charge on any atom is 0.240 e. The van der Waals surface area contributed by atoms with Gasteiger partial charge in [0.05, 0.1) is 11.0 Å². The zero-order valence-corrected chi connectivity index (χ0v) is 15.6. The van der Waals surface area contributed by atoms with E-state index in [-0.39, 0.29) is 12.5 Å². The van der Waals surface area contributed by atoms with Crippen LogP contribution in [0.5, 0.6) is 0 Å². The van der Waals surface area contributed by atoms with Gasteiger partial charge in [-0.25, -0.2) is 4.98 Å². The highest BCUT2D eigenvalue weighted by molar-refractivity contribution is 9.10. The molecular weight excluding hydrogens is 382 g/mol. The second-order valence-corrected chi connectivity index (χ2v) is 6.63. The van der Waals surface area contributed by atoms with Crippen LogP contribution in [0.2, 0.25) is 0 Å². The predicted molar refractivity (Wildman–Crippen MR) is 102 cm³/mol. The van der Waals surface area contributed by atoms with Gasteiger partial charge in [-0.2, -0.15) is 0 Å². The van der Waals surface area contributed by atoms with Crippen LogP contribution in [0.15, 0.2) is 53.0 Å². The number of para-hydroxylation sites is 2. The van der Waals surface area contributed by atoms with E-state index in [0.717, 1.165) is 33.3 Å². The van der Waals surface area contributed by atoms with Crippen molar-refractivity contribution in [2.45, 2.75) is 13.0 Å². The molecule has 0 fully saturated rings. The van der Waals surface area contributed by atoms with E-state index in [1.165, 1.54) is 0 Å². The Kier molecular flexibility index (Phi) is 5.83. The molecule has 0 aliphatic carbocycles. The lowest BCUT2D eigenvalue weighted by Crippen LogP contribution is -2.29. The van der Waals surface area contributed by atoms with Gasteiger partial charge >= 0.3 is 0 Å². The Hall–Kier alpha value is -2.18. The molecule has 0 saturated heterocycles. The molecule has 1 aromatic heterocycles. The standard InChI is InChI=1S/C19H20BrN3O2/c1-25-11-5-10-21-18(24)13-23-17-9-3-2-8-16(17)22-19(23)14-6-4-7-15(20)12-14/h2-4,6-9,12H,5,10-11,13H2,1H3,(H,21,24). The number of nitrogens with zero attached hydrogens (tertiary/aromatic N) is 2. The maximum absolute atomic E-state index is 12.4. The van der Waals surface area contributed by atoms with Crippen LogP contribution < -0.4 is 5.32 Å². The van der Waals surface area contributed by atoms with Crippen LogP contribution in [0.3, 0.4) is 0 Å². The van der Waals surface area contributed by atoms with E-state index in [0.29, 0.717) is 13.2 Å². The Labute approximate surface area is 155 Å². The van der Waals surface area contributed by atoms with Crippen LogP contribution in [0, 0.1) is 0 Å². The molecule has 25 heavy (non-hydrogen) atoms. The summed E-state index contributed by atoms with van der Waals surface area (Å²) in [6, 6.07) is 15.8. The Balaban J connectivity index is 1.90. The van der Waals surface area contributed by atoms with Crippen LogP contribution in [0.1, 0.15) is 6.42 Å². The van der Waals surface area contributed by atoms with Crippen molar-refractivity contribution in [1.82, 2.24) is 14.9 Å². The van der Waals surface area contributed by atoms with Crippen LogP contribution >= 0.6 is 15.9 Å². The number of rotatable bonds is 7. The molecule has 3 aromatic rings. The first-order chi connectivity index (χ1) is 12.2. The molecular formula is C19H20BrN3O2. The van der Waals surface area contributed by atoms with Gasteiger partial charge in [-0.3, -0.25) is 4.79 Å². The van der Waals surface area contributed by atoms with Crippen LogP contribution in [0.25, 0.3) is 22.4 Å². The number of carbonyl (C=O) groups excluding carboxylic acids is 1. The van der Waals surface area contributed by atoms with Gasteiger partial charge in [-0.05, 0) is 30.7 Å². The molecule has 0 radical (unpaired) electrons. The number of imidazole rings is 1. The van der Waals surface area contributed by atoms with Gasteiger partial charge in [0.15, 0.2) is 0 Å². The number of hydrogen-bond donors (Lipinski definition) is 1. The van der Waals surface area contributed by atoms with Crippen molar-refractivity contribution < 1.29 is 9.53 Å². The number of fused-ring (bicyclic) bond motifs is 1. The van der Waals surface area contributed by atoms with Crippen molar-refractivity contribution in [2.24, 2.45) is 0 Å². The molecule has 0 unspecified atom stereocenters. The second kappa shape index (κ2) is 8.27. The smallest absolute Gasteiger partial charge is 0.240 e. The third kappa shape index (κ3) is 4.27. The van der Waals surface area contributed by atoms with Gasteiger partial charge in [0.2, 0.25) is 5.91 Å². The summed E-state index contributed by atoms with van der Waals surface area (Å²) in [6.07, 6.45) is 0.797. The summed E-state index contributed by atoms with van der Waals surface area (Å²) in [5, 5.41) is 2.93. The lowest BCUT2D eigenvalue weighted by molar-refractivity contribution is -0.121. The normalized spacial score (nSPS) is 11.0. The molecule has 0 aliphatic rings. The van der Waals surface area contributed by atoms with Crippen molar-refractivity contribution in [2.75, 3.05) is 20.3 Å². The molecule has 1 heterocycles. The van der Waals surface area contributed by atoms with E-state index in [4.69, 9.17) is 9.72 Å². The highest BCUT2D eigenvalue weighted by atomic mass is 79.9. The number of aromatic nitrogens is 2. The van der Waals surface area contributed by atoms with E-state index in [1.54, 1.807) is 7.11 Å². The van der Waals surface area contributed by atoms with Crippen LogP contribution in [-0.2, 0) is 16.1 Å². The van der Waals surface area contributed by atoms with E-state index in [9.17, 15) is 4.79 Å². The van der Waals surface area contributed by atoms with Crippen LogP contribution in [0.4, 0.5) is 0 Å². The molecule has 0 atom stereocenters. The summed E-state index contributed by atoms with van der Waals surface area (Å²) < 4.78 is 7.94. The van der Waals surface area contributed by atoms with Gasteiger partial charge in [0.1, 0.15) is 12.4 Å². The topological polar surface area (TPSA) is 56.1 Å². The first kappa shape index (κ1) is 17.6. The minimum Gasteiger partial charge on any atom is -0.385 e. The number of benzene rings is 2. The fraction of sp³-hybridized carbons (Fsp3) is 0.263. The van der Waals surface area contributed by atoms with Gasteiger partial charge in [0, 0.05) is 30.3 Å². The first-order valence-corrected chi connectivity index (χ1v) is 8.95. The molecule has 1 N–H and O–H groups in total. The molecule has 0 bridgehead atoms. The van der Waals surface area contributed by atoms with Crippen molar-refractivity contribution >= 4 is 32.9 Å². The number of hydrogen-bond acceptors (Lipinski definition) is 3. The molecule has 0 aliphatic heterocycles. The fourth-order valence-corrected chi connectivity index (χ4v) is 3.13. The average Bonchev–Trinajstić information content (AvgIpc) is 2.97. The summed E-state index contributed by atoms with van der Waals surface area (Å²) in [5.74, 6) is 0.755. The minimum atomic E-state index is -0.0319. The van der Waals surface area contributed by atoms with E-state index in [1.807, 2.05) is 53.1 Å². The summed E-state index contributed by atoms with van der Waals surface area (Å²) >= 11 is 3.50. The summed E-state index contributed by atoms with van der Waals surface area (Å²) in [6.45, 7) is 1.47. The van der Waals surface area contributed by atoms with Crippen molar-refractivity contribution in [1.29, 1.82) is 0 Å². The lowest BCUT2D eigenvalue weighted by atomic mass is 10.2. The maximum atomic E-state index is 12.4. The Bertz CT molecular complexity index is 876. The summed E-state index contributed by atoms with van der Waals surface area (Å²) in [4.78, 5) is 17.1. The van der Waals surface area contributed by atoms with Gasteiger partial charge in [-0.1, -0.05) is 40.2 Å². The number of amides is 1. The van der Waals surface area contributed by atoms with E-state index >= 15 is 0 Å². The molecule has 130 valence electrons. The zero-order valence-electron chi connectivity index (χ0n) is 14.0. The highest BCUT2D eigenvalue weighted by Crippen LogP contribution is 2.26. The number of methoxy groups -OCH3 is 1. The molecule has 5 nitrogen and oxygen atoms in total. The van der Waals surface area contributed by atoms with Gasteiger partial charge < -0.3 is 14.6 Å². The Morgan fingerprint density at radius 2 is 2.08 bits per heavy atom. The number of nitrogens with one attached hydrogen (secondary N) is 1. The van der Waals surface area contributed by atoms with Gasteiger partial charge in [-0.15, -0.1) is 0 Å². The first-order valence-electron chi connectivity index (χ1n) is 8.16. The third-order valence-corrected chi connectivity index (χ3v) is 4.38. The Morgan fingerprint density at radius 1 is 1.24 bits per heavy atom. The lowest BCUT2D eigenvalue weighted by Gasteiger charge is -2.10. The number of ether oxygens (including phenoxy) is 1. The van der Waals surface area contributed by atoms with Crippen molar-refractivity contribution in [3.05, 3.63) is 53.0 Å².